The molecule has 1 aromatic carbocycles. The summed E-state index contributed by atoms with van der Waals surface area (Å²) in [6.07, 6.45) is 0. The van der Waals surface area contributed by atoms with Crippen LogP contribution in [0.25, 0.3) is 0 Å². The molecule has 0 aliphatic rings. The molecular weight excluding hydrogens is 276 g/mol. The minimum atomic E-state index is -1.13. The zero-order chi connectivity index (χ0) is 15.1. The summed E-state index contributed by atoms with van der Waals surface area (Å²) in [6, 6.07) is 11.0. The number of aliphatic carboxylic acids is 1. The summed E-state index contributed by atoms with van der Waals surface area (Å²) >= 11 is 0. The lowest BCUT2D eigenvalue weighted by Gasteiger charge is -2.01. The van der Waals surface area contributed by atoms with Crippen LogP contribution >= 0.6 is 0 Å². The average Bonchev–Trinajstić information content (AvgIpc) is 2.95. The van der Waals surface area contributed by atoms with Crippen LogP contribution in [-0.2, 0) is 22.7 Å². The molecule has 0 saturated carbocycles. The first-order valence-corrected chi connectivity index (χ1v) is 6.22. The van der Waals surface area contributed by atoms with E-state index >= 15 is 0 Å². The van der Waals surface area contributed by atoms with Crippen LogP contribution in [-0.4, -0.2) is 28.7 Å². The van der Waals surface area contributed by atoms with Gasteiger partial charge in [0.1, 0.15) is 13.2 Å². The summed E-state index contributed by atoms with van der Waals surface area (Å²) < 4.78 is 10.4. The molecule has 0 radical (unpaired) electrons. The molecule has 0 aliphatic carbocycles. The zero-order valence-electron chi connectivity index (χ0n) is 11.1. The highest BCUT2D eigenvalue weighted by atomic mass is 16.5. The SMILES string of the molecule is O=C(O)CNC(=O)c1cc(COCc2ccccc2)on1. The lowest BCUT2D eigenvalue weighted by molar-refractivity contribution is -0.135. The van der Waals surface area contributed by atoms with Crippen LogP contribution in [0.3, 0.4) is 0 Å². The molecule has 110 valence electrons. The van der Waals surface area contributed by atoms with E-state index in [1.54, 1.807) is 0 Å². The Labute approximate surface area is 120 Å². The Kier molecular flexibility index (Phi) is 5.05. The summed E-state index contributed by atoms with van der Waals surface area (Å²) in [5.41, 5.74) is 1.05. The van der Waals surface area contributed by atoms with Crippen molar-refractivity contribution in [2.75, 3.05) is 6.54 Å². The second-order valence-corrected chi connectivity index (χ2v) is 4.23. The number of carbonyl (C=O) groups is 2. The Hall–Kier alpha value is -2.67. The summed E-state index contributed by atoms with van der Waals surface area (Å²) in [7, 11) is 0. The smallest absolute Gasteiger partial charge is 0.322 e. The molecule has 0 unspecified atom stereocenters. The van der Waals surface area contributed by atoms with Gasteiger partial charge in [-0.05, 0) is 5.56 Å². The van der Waals surface area contributed by atoms with Crippen molar-refractivity contribution in [3.63, 3.8) is 0 Å². The third-order valence-electron chi connectivity index (χ3n) is 2.55. The Morgan fingerprint density at radius 1 is 1.24 bits per heavy atom. The van der Waals surface area contributed by atoms with E-state index in [2.05, 4.69) is 10.5 Å². The molecule has 0 saturated heterocycles. The normalized spacial score (nSPS) is 10.3. The number of nitrogens with zero attached hydrogens (tertiary/aromatic N) is 1. The van der Waals surface area contributed by atoms with Gasteiger partial charge in [0.2, 0.25) is 0 Å². The predicted molar refractivity (Wildman–Crippen MR) is 71.4 cm³/mol. The third-order valence-corrected chi connectivity index (χ3v) is 2.55. The number of ether oxygens (including phenoxy) is 1. The van der Waals surface area contributed by atoms with Crippen molar-refractivity contribution in [2.24, 2.45) is 0 Å². The van der Waals surface area contributed by atoms with Gasteiger partial charge in [-0.1, -0.05) is 35.5 Å². The molecule has 1 heterocycles. The minimum Gasteiger partial charge on any atom is -0.480 e. The predicted octanol–water partition coefficient (Wildman–Crippen LogP) is 1.21. The number of benzene rings is 1. The fourth-order valence-corrected chi connectivity index (χ4v) is 1.58. The molecule has 0 aliphatic heterocycles. The van der Waals surface area contributed by atoms with Crippen molar-refractivity contribution in [3.8, 4) is 0 Å². The van der Waals surface area contributed by atoms with Crippen LogP contribution < -0.4 is 5.32 Å². The highest BCUT2D eigenvalue weighted by Crippen LogP contribution is 2.07. The van der Waals surface area contributed by atoms with Gasteiger partial charge in [-0.3, -0.25) is 9.59 Å². The van der Waals surface area contributed by atoms with Crippen LogP contribution in [0.15, 0.2) is 40.9 Å². The number of hydrogen-bond donors (Lipinski definition) is 2. The fourth-order valence-electron chi connectivity index (χ4n) is 1.58. The molecule has 2 N–H and O–H groups in total. The molecule has 1 amide bonds. The van der Waals surface area contributed by atoms with Crippen molar-refractivity contribution in [2.45, 2.75) is 13.2 Å². The van der Waals surface area contributed by atoms with Crippen molar-refractivity contribution in [1.29, 1.82) is 0 Å². The Balaban J connectivity index is 1.80. The molecule has 21 heavy (non-hydrogen) atoms. The number of hydrogen-bond acceptors (Lipinski definition) is 5. The van der Waals surface area contributed by atoms with Crippen molar-refractivity contribution in [3.05, 3.63) is 53.4 Å². The number of carbonyl (C=O) groups excluding carboxylic acids is 1. The van der Waals surface area contributed by atoms with Gasteiger partial charge in [-0.25, -0.2) is 0 Å². The molecular formula is C14H14N2O5. The maximum Gasteiger partial charge on any atom is 0.322 e. The third kappa shape index (κ3) is 4.73. The van der Waals surface area contributed by atoms with E-state index in [4.69, 9.17) is 14.4 Å². The molecule has 0 fully saturated rings. The second kappa shape index (κ2) is 7.20. The fraction of sp³-hybridized carbons (Fsp3) is 0.214. The van der Waals surface area contributed by atoms with Crippen LogP contribution in [0.2, 0.25) is 0 Å². The van der Waals surface area contributed by atoms with Crippen molar-refractivity contribution in [1.82, 2.24) is 10.5 Å². The Morgan fingerprint density at radius 3 is 2.71 bits per heavy atom. The number of amides is 1. The van der Waals surface area contributed by atoms with Gasteiger partial charge >= 0.3 is 5.97 Å². The van der Waals surface area contributed by atoms with E-state index in [0.717, 1.165) is 5.56 Å². The van der Waals surface area contributed by atoms with Gasteiger partial charge in [0.25, 0.3) is 5.91 Å². The average molecular weight is 290 g/mol. The van der Waals surface area contributed by atoms with E-state index in [1.165, 1.54) is 6.07 Å². The molecule has 1 aromatic heterocycles. The van der Waals surface area contributed by atoms with E-state index < -0.39 is 18.4 Å². The maximum atomic E-state index is 11.5. The Bertz CT molecular complexity index is 609. The number of carboxylic acids is 1. The van der Waals surface area contributed by atoms with E-state index in [-0.39, 0.29) is 12.3 Å². The van der Waals surface area contributed by atoms with Crippen LogP contribution in [0.1, 0.15) is 21.8 Å². The van der Waals surface area contributed by atoms with Gasteiger partial charge < -0.3 is 19.7 Å². The van der Waals surface area contributed by atoms with Crippen molar-refractivity contribution >= 4 is 11.9 Å². The van der Waals surface area contributed by atoms with Gasteiger partial charge in [-0.2, -0.15) is 0 Å². The molecule has 7 nitrogen and oxygen atoms in total. The van der Waals surface area contributed by atoms with E-state index in [1.807, 2.05) is 30.3 Å². The topological polar surface area (TPSA) is 102 Å². The largest absolute Gasteiger partial charge is 0.480 e. The number of nitrogens with one attached hydrogen (secondary N) is 1. The summed E-state index contributed by atoms with van der Waals surface area (Å²) in [5.74, 6) is -1.33. The molecule has 7 heteroatoms. The number of rotatable bonds is 7. The van der Waals surface area contributed by atoms with Gasteiger partial charge in [0, 0.05) is 6.07 Å². The molecule has 0 bridgehead atoms. The van der Waals surface area contributed by atoms with Gasteiger partial charge in [0.15, 0.2) is 11.5 Å². The summed E-state index contributed by atoms with van der Waals surface area (Å²) in [5, 5.41) is 14.2. The van der Waals surface area contributed by atoms with Crippen LogP contribution in [0, 0.1) is 0 Å². The molecule has 0 atom stereocenters. The lowest BCUT2D eigenvalue weighted by atomic mass is 10.2. The standard InChI is InChI=1S/C14H14N2O5/c17-13(18)7-15-14(19)12-6-11(21-16-12)9-20-8-10-4-2-1-3-5-10/h1-6H,7-9H2,(H,15,19)(H,17,18). The quantitative estimate of drug-likeness (QED) is 0.794. The molecule has 2 rings (SSSR count). The molecule has 2 aromatic rings. The van der Waals surface area contributed by atoms with Gasteiger partial charge in [-0.15, -0.1) is 0 Å². The monoisotopic (exact) mass is 290 g/mol. The number of aromatic nitrogens is 1. The highest BCUT2D eigenvalue weighted by Gasteiger charge is 2.13. The Morgan fingerprint density at radius 2 is 2.00 bits per heavy atom. The first kappa shape index (κ1) is 14.7. The maximum absolute atomic E-state index is 11.5. The number of carboxylic acid groups (broad SMARTS) is 1. The first-order chi connectivity index (χ1) is 10.1. The van der Waals surface area contributed by atoms with Gasteiger partial charge in [0.05, 0.1) is 6.61 Å². The zero-order valence-corrected chi connectivity index (χ0v) is 11.1. The highest BCUT2D eigenvalue weighted by molar-refractivity contribution is 5.93. The van der Waals surface area contributed by atoms with Crippen molar-refractivity contribution < 1.29 is 24.0 Å². The summed E-state index contributed by atoms with van der Waals surface area (Å²) in [6.45, 7) is 0.127. The van der Waals surface area contributed by atoms with E-state index in [9.17, 15) is 9.59 Å². The summed E-state index contributed by atoms with van der Waals surface area (Å²) in [4.78, 5) is 21.9. The minimum absolute atomic E-state index is 0.0227. The van der Waals surface area contributed by atoms with E-state index in [0.29, 0.717) is 12.4 Å². The van der Waals surface area contributed by atoms with Crippen LogP contribution in [0.5, 0.6) is 0 Å². The first-order valence-electron chi connectivity index (χ1n) is 6.22. The second-order valence-electron chi connectivity index (χ2n) is 4.23. The lowest BCUT2D eigenvalue weighted by Crippen LogP contribution is -2.29. The van der Waals surface area contributed by atoms with Crippen LogP contribution in [0.4, 0.5) is 0 Å². The molecule has 0 spiro atoms.